The van der Waals surface area contributed by atoms with Gasteiger partial charge in [0.05, 0.1) is 18.6 Å². The first-order valence-electron chi connectivity index (χ1n) is 6.81. The highest BCUT2D eigenvalue weighted by Gasteiger charge is 2.16. The van der Waals surface area contributed by atoms with Crippen molar-refractivity contribution in [1.82, 2.24) is 9.55 Å². The Morgan fingerprint density at radius 2 is 2.14 bits per heavy atom. The van der Waals surface area contributed by atoms with Crippen LogP contribution in [0.25, 0.3) is 0 Å². The summed E-state index contributed by atoms with van der Waals surface area (Å²) in [6.07, 6.45) is 3.26. The van der Waals surface area contributed by atoms with Crippen LogP contribution in [-0.4, -0.2) is 28.5 Å². The van der Waals surface area contributed by atoms with Crippen molar-refractivity contribution in [3.05, 3.63) is 54.1 Å². The van der Waals surface area contributed by atoms with E-state index in [0.717, 1.165) is 5.56 Å². The Bertz CT molecular complexity index is 650. The summed E-state index contributed by atoms with van der Waals surface area (Å²) in [4.78, 5) is 16.3. The van der Waals surface area contributed by atoms with Crippen molar-refractivity contribution in [3.8, 4) is 11.8 Å². The van der Waals surface area contributed by atoms with Gasteiger partial charge in [-0.3, -0.25) is 4.79 Å². The van der Waals surface area contributed by atoms with Crippen molar-refractivity contribution < 1.29 is 9.53 Å². The Balaban J connectivity index is 2.10. The van der Waals surface area contributed by atoms with Crippen molar-refractivity contribution in [1.29, 1.82) is 0 Å². The van der Waals surface area contributed by atoms with E-state index in [4.69, 9.17) is 4.74 Å². The second-order valence-corrected chi connectivity index (χ2v) is 4.62. The summed E-state index contributed by atoms with van der Waals surface area (Å²) in [5.41, 5.74) is 1.68. The molecule has 0 saturated carbocycles. The van der Waals surface area contributed by atoms with Gasteiger partial charge in [-0.25, -0.2) is 4.98 Å². The van der Waals surface area contributed by atoms with E-state index in [0.29, 0.717) is 5.69 Å². The van der Waals surface area contributed by atoms with Gasteiger partial charge >= 0.3 is 0 Å². The third-order valence-corrected chi connectivity index (χ3v) is 3.24. The standard InChI is InChI=1S/C17H18N2O2/c1-3-4-10-21-12-17(20)16-11-18-13-19(16)14(2)15-8-6-5-7-9-15/h5-9,11,13-14H,10,12H2,1-2H3/t14-/m1/s1. The topological polar surface area (TPSA) is 44.1 Å². The lowest BCUT2D eigenvalue weighted by atomic mass is 10.1. The number of imidazole rings is 1. The molecule has 2 aromatic rings. The maximum Gasteiger partial charge on any atom is 0.206 e. The van der Waals surface area contributed by atoms with Crippen LogP contribution >= 0.6 is 0 Å². The van der Waals surface area contributed by atoms with Crippen molar-refractivity contribution in [2.24, 2.45) is 0 Å². The van der Waals surface area contributed by atoms with Crippen molar-refractivity contribution >= 4 is 5.78 Å². The highest BCUT2D eigenvalue weighted by molar-refractivity contribution is 5.95. The van der Waals surface area contributed by atoms with E-state index in [9.17, 15) is 4.79 Å². The van der Waals surface area contributed by atoms with Gasteiger partial charge in [0, 0.05) is 0 Å². The van der Waals surface area contributed by atoms with Crippen molar-refractivity contribution in [3.63, 3.8) is 0 Å². The molecule has 1 heterocycles. The molecule has 4 nitrogen and oxygen atoms in total. The number of ether oxygens (including phenoxy) is 1. The summed E-state index contributed by atoms with van der Waals surface area (Å²) >= 11 is 0. The maximum absolute atomic E-state index is 12.2. The maximum atomic E-state index is 12.2. The molecule has 0 unspecified atom stereocenters. The smallest absolute Gasteiger partial charge is 0.206 e. The molecule has 1 atom stereocenters. The zero-order valence-electron chi connectivity index (χ0n) is 12.2. The second kappa shape index (κ2) is 7.41. The van der Waals surface area contributed by atoms with E-state index in [-0.39, 0.29) is 25.0 Å². The zero-order chi connectivity index (χ0) is 15.1. The molecule has 21 heavy (non-hydrogen) atoms. The number of rotatable bonds is 6. The number of Topliss-reactive ketones (excluding diaryl/α,β-unsaturated/α-hetero) is 1. The quantitative estimate of drug-likeness (QED) is 0.465. The summed E-state index contributed by atoms with van der Waals surface area (Å²) < 4.78 is 7.10. The molecule has 0 aliphatic carbocycles. The van der Waals surface area contributed by atoms with Gasteiger partial charge in [0.15, 0.2) is 0 Å². The fourth-order valence-corrected chi connectivity index (χ4v) is 2.06. The van der Waals surface area contributed by atoms with Gasteiger partial charge in [-0.2, -0.15) is 0 Å². The third kappa shape index (κ3) is 3.80. The van der Waals surface area contributed by atoms with E-state index in [2.05, 4.69) is 16.8 Å². The Kier molecular flexibility index (Phi) is 5.30. The van der Waals surface area contributed by atoms with Gasteiger partial charge in [0.2, 0.25) is 5.78 Å². The number of ketones is 1. The number of carbonyl (C=O) groups excluding carboxylic acids is 1. The van der Waals surface area contributed by atoms with E-state index >= 15 is 0 Å². The molecular formula is C17H18N2O2. The minimum Gasteiger partial charge on any atom is -0.361 e. The van der Waals surface area contributed by atoms with Gasteiger partial charge in [-0.1, -0.05) is 36.3 Å². The predicted molar refractivity (Wildman–Crippen MR) is 81.1 cm³/mol. The van der Waals surface area contributed by atoms with Crippen molar-refractivity contribution in [2.75, 3.05) is 13.2 Å². The molecule has 108 valence electrons. The lowest BCUT2D eigenvalue weighted by Gasteiger charge is -2.16. The van der Waals surface area contributed by atoms with E-state index in [1.54, 1.807) is 19.4 Å². The number of aromatic nitrogens is 2. The summed E-state index contributed by atoms with van der Waals surface area (Å²) in [5.74, 6) is 5.40. The fourth-order valence-electron chi connectivity index (χ4n) is 2.06. The zero-order valence-corrected chi connectivity index (χ0v) is 12.2. The predicted octanol–water partition coefficient (Wildman–Crippen LogP) is 2.72. The van der Waals surface area contributed by atoms with E-state index < -0.39 is 0 Å². The summed E-state index contributed by atoms with van der Waals surface area (Å²) in [5, 5.41) is 0. The normalized spacial score (nSPS) is 11.5. The third-order valence-electron chi connectivity index (χ3n) is 3.24. The molecule has 0 bridgehead atoms. The highest BCUT2D eigenvalue weighted by Crippen LogP contribution is 2.19. The molecule has 1 aromatic carbocycles. The van der Waals surface area contributed by atoms with E-state index in [1.165, 1.54) is 0 Å². The molecule has 0 amide bonds. The molecule has 0 aliphatic rings. The molecule has 0 spiro atoms. The number of hydrogen-bond donors (Lipinski definition) is 0. The molecule has 0 aliphatic heterocycles. The van der Waals surface area contributed by atoms with Gasteiger partial charge in [0.1, 0.15) is 18.9 Å². The largest absolute Gasteiger partial charge is 0.361 e. The molecule has 0 saturated heterocycles. The number of hydrogen-bond acceptors (Lipinski definition) is 3. The molecule has 2 rings (SSSR count). The lowest BCUT2D eigenvalue weighted by Crippen LogP contribution is -2.17. The van der Waals surface area contributed by atoms with Crippen LogP contribution in [0.3, 0.4) is 0 Å². The van der Waals surface area contributed by atoms with E-state index in [1.807, 2.05) is 41.8 Å². The first-order valence-corrected chi connectivity index (χ1v) is 6.81. The molecule has 0 radical (unpaired) electrons. The monoisotopic (exact) mass is 282 g/mol. The fraction of sp³-hybridized carbons (Fsp3) is 0.294. The first-order chi connectivity index (χ1) is 10.2. The molecule has 0 fully saturated rings. The van der Waals surface area contributed by atoms with Crippen LogP contribution in [0.15, 0.2) is 42.9 Å². The number of carbonyl (C=O) groups is 1. The van der Waals surface area contributed by atoms with Crippen LogP contribution in [0.2, 0.25) is 0 Å². The van der Waals surface area contributed by atoms with Gasteiger partial charge < -0.3 is 9.30 Å². The Labute approximate surface area is 124 Å². The molecule has 1 aromatic heterocycles. The minimum atomic E-state index is -0.0896. The molecule has 4 heteroatoms. The minimum absolute atomic E-state index is 0.0158. The van der Waals surface area contributed by atoms with Crippen LogP contribution < -0.4 is 0 Å². The van der Waals surface area contributed by atoms with Crippen LogP contribution in [0.1, 0.15) is 35.9 Å². The van der Waals surface area contributed by atoms with Crippen LogP contribution in [0.4, 0.5) is 0 Å². The van der Waals surface area contributed by atoms with Gasteiger partial charge in [-0.05, 0) is 19.4 Å². The van der Waals surface area contributed by atoms with Crippen LogP contribution in [0, 0.1) is 11.8 Å². The summed E-state index contributed by atoms with van der Waals surface area (Å²) in [6.45, 7) is 4.06. The number of nitrogens with zero attached hydrogens (tertiary/aromatic N) is 2. The Morgan fingerprint density at radius 3 is 2.86 bits per heavy atom. The lowest BCUT2D eigenvalue weighted by molar-refractivity contribution is 0.0802. The second-order valence-electron chi connectivity index (χ2n) is 4.62. The summed E-state index contributed by atoms with van der Waals surface area (Å²) in [6, 6.07) is 10.0. The molecule has 0 N–H and O–H groups in total. The highest BCUT2D eigenvalue weighted by atomic mass is 16.5. The first kappa shape index (κ1) is 15.0. The average molecular weight is 282 g/mol. The number of benzene rings is 1. The molecular weight excluding hydrogens is 264 g/mol. The Morgan fingerprint density at radius 1 is 1.38 bits per heavy atom. The van der Waals surface area contributed by atoms with Gasteiger partial charge in [-0.15, -0.1) is 5.92 Å². The SMILES string of the molecule is CC#CCOCC(=O)c1cncn1[C@H](C)c1ccccc1. The van der Waals surface area contributed by atoms with Crippen LogP contribution in [-0.2, 0) is 4.74 Å². The summed E-state index contributed by atoms with van der Waals surface area (Å²) in [7, 11) is 0. The van der Waals surface area contributed by atoms with Gasteiger partial charge in [0.25, 0.3) is 0 Å². The Hall–Kier alpha value is -2.38. The average Bonchev–Trinajstić information content (AvgIpc) is 3.01. The van der Waals surface area contributed by atoms with Crippen LogP contribution in [0.5, 0.6) is 0 Å². The van der Waals surface area contributed by atoms with Crippen molar-refractivity contribution in [2.45, 2.75) is 19.9 Å².